The lowest BCUT2D eigenvalue weighted by atomic mass is 10.1. The molecule has 0 atom stereocenters. The summed E-state index contributed by atoms with van der Waals surface area (Å²) in [6.45, 7) is 4.56. The summed E-state index contributed by atoms with van der Waals surface area (Å²) in [5.74, 6) is -4.12. The van der Waals surface area contributed by atoms with Gasteiger partial charge in [-0.05, 0) is 18.2 Å². The van der Waals surface area contributed by atoms with E-state index in [0.717, 1.165) is 44.4 Å². The van der Waals surface area contributed by atoms with Crippen LogP contribution in [0.1, 0.15) is 31.1 Å². The molecule has 2 rings (SSSR count). The van der Waals surface area contributed by atoms with E-state index in [2.05, 4.69) is 10.6 Å². The summed E-state index contributed by atoms with van der Waals surface area (Å²) in [5.41, 5.74) is -1.10. The Morgan fingerprint density at radius 2 is 0.905 bits per heavy atom. The summed E-state index contributed by atoms with van der Waals surface area (Å²) in [6, 6.07) is 2.70. The van der Waals surface area contributed by atoms with Crippen LogP contribution in [0.25, 0.3) is 0 Å². The number of piperazine rings is 1. The van der Waals surface area contributed by atoms with Crippen molar-refractivity contribution in [3.63, 3.8) is 0 Å². The first-order valence-corrected chi connectivity index (χ1v) is 6.18. The van der Waals surface area contributed by atoms with Gasteiger partial charge in [0, 0.05) is 26.2 Å². The lowest BCUT2D eigenvalue weighted by molar-refractivity contribution is 0.0696. The molecule has 0 aliphatic carbocycles. The van der Waals surface area contributed by atoms with Gasteiger partial charge in [0.15, 0.2) is 0 Å². The highest BCUT2D eigenvalue weighted by Crippen LogP contribution is 2.11. The summed E-state index contributed by atoms with van der Waals surface area (Å²) in [7, 11) is 0. The number of hydrogen-bond acceptors (Lipinski definition) is 5. The van der Waals surface area contributed by atoms with Crippen LogP contribution in [0.4, 0.5) is 0 Å². The number of carbonyl (C=O) groups is 3. The van der Waals surface area contributed by atoms with E-state index in [1.54, 1.807) is 0 Å². The number of aromatic carboxylic acids is 3. The van der Waals surface area contributed by atoms with Crippen LogP contribution in [-0.4, -0.2) is 59.4 Å². The Bertz CT molecular complexity index is 449. The second kappa shape index (κ2) is 7.98. The van der Waals surface area contributed by atoms with Crippen molar-refractivity contribution in [1.29, 1.82) is 0 Å². The van der Waals surface area contributed by atoms with Crippen LogP contribution in [0.3, 0.4) is 0 Å². The third-order valence-electron chi connectivity index (χ3n) is 2.63. The summed E-state index contributed by atoms with van der Waals surface area (Å²) in [6.07, 6.45) is 0. The molecule has 1 aromatic carbocycles. The SMILES string of the molecule is C1CNCCN1.O=C(O)c1cc(C(=O)O)cc(C(=O)O)c1. The minimum atomic E-state index is -1.37. The fraction of sp³-hybridized carbons (Fsp3) is 0.308. The topological polar surface area (TPSA) is 136 Å². The van der Waals surface area contributed by atoms with E-state index in [1.807, 2.05) is 0 Å². The van der Waals surface area contributed by atoms with E-state index in [-0.39, 0.29) is 16.7 Å². The van der Waals surface area contributed by atoms with Crippen LogP contribution in [-0.2, 0) is 0 Å². The molecule has 1 fully saturated rings. The van der Waals surface area contributed by atoms with Crippen LogP contribution < -0.4 is 10.6 Å². The molecule has 1 saturated heterocycles. The number of nitrogens with one attached hydrogen (secondary N) is 2. The van der Waals surface area contributed by atoms with Crippen LogP contribution in [0, 0.1) is 0 Å². The van der Waals surface area contributed by atoms with E-state index in [1.165, 1.54) is 0 Å². The predicted octanol–water partition coefficient (Wildman–Crippen LogP) is -0.0396. The summed E-state index contributed by atoms with van der Waals surface area (Å²) < 4.78 is 0. The lowest BCUT2D eigenvalue weighted by Crippen LogP contribution is -2.39. The van der Waals surface area contributed by atoms with Gasteiger partial charge in [0.2, 0.25) is 0 Å². The van der Waals surface area contributed by atoms with Crippen molar-refractivity contribution in [2.75, 3.05) is 26.2 Å². The Labute approximate surface area is 120 Å². The monoisotopic (exact) mass is 296 g/mol. The van der Waals surface area contributed by atoms with E-state index < -0.39 is 17.9 Å². The van der Waals surface area contributed by atoms with Crippen molar-refractivity contribution in [3.8, 4) is 0 Å². The van der Waals surface area contributed by atoms with Gasteiger partial charge in [0.05, 0.1) is 16.7 Å². The second-order valence-electron chi connectivity index (χ2n) is 4.21. The Kier molecular flexibility index (Phi) is 6.31. The molecule has 21 heavy (non-hydrogen) atoms. The van der Waals surface area contributed by atoms with Crippen molar-refractivity contribution in [3.05, 3.63) is 34.9 Å². The molecular formula is C13H16N2O6. The smallest absolute Gasteiger partial charge is 0.335 e. The van der Waals surface area contributed by atoms with E-state index in [4.69, 9.17) is 15.3 Å². The molecule has 0 spiro atoms. The first kappa shape index (κ1) is 16.6. The highest BCUT2D eigenvalue weighted by atomic mass is 16.4. The van der Waals surface area contributed by atoms with Gasteiger partial charge in [0.25, 0.3) is 0 Å². The van der Waals surface area contributed by atoms with Gasteiger partial charge in [-0.25, -0.2) is 14.4 Å². The predicted molar refractivity (Wildman–Crippen MR) is 73.1 cm³/mol. The largest absolute Gasteiger partial charge is 0.478 e. The molecule has 8 nitrogen and oxygen atoms in total. The van der Waals surface area contributed by atoms with Crippen molar-refractivity contribution < 1.29 is 29.7 Å². The van der Waals surface area contributed by atoms with Crippen molar-refractivity contribution in [2.45, 2.75) is 0 Å². The zero-order valence-corrected chi connectivity index (χ0v) is 11.1. The van der Waals surface area contributed by atoms with E-state index in [9.17, 15) is 14.4 Å². The minimum absolute atomic E-state index is 0.368. The second-order valence-corrected chi connectivity index (χ2v) is 4.21. The highest BCUT2D eigenvalue weighted by molar-refractivity contribution is 5.98. The molecule has 1 aromatic rings. The Morgan fingerprint density at radius 1 is 0.667 bits per heavy atom. The lowest BCUT2D eigenvalue weighted by Gasteiger charge is -2.11. The first-order chi connectivity index (χ1) is 9.91. The molecule has 5 N–H and O–H groups in total. The molecule has 0 bridgehead atoms. The van der Waals surface area contributed by atoms with Gasteiger partial charge < -0.3 is 26.0 Å². The summed E-state index contributed by atoms with van der Waals surface area (Å²) >= 11 is 0. The fourth-order valence-corrected chi connectivity index (χ4v) is 1.60. The highest BCUT2D eigenvalue weighted by Gasteiger charge is 2.14. The Hall–Kier alpha value is -2.45. The molecule has 1 aliphatic heterocycles. The van der Waals surface area contributed by atoms with Gasteiger partial charge in [-0.3, -0.25) is 0 Å². The number of benzene rings is 1. The molecule has 0 aromatic heterocycles. The molecule has 0 amide bonds. The molecule has 1 aliphatic rings. The minimum Gasteiger partial charge on any atom is -0.478 e. The Morgan fingerprint density at radius 3 is 1.05 bits per heavy atom. The van der Waals surface area contributed by atoms with E-state index in [0.29, 0.717) is 0 Å². The molecule has 114 valence electrons. The molecule has 8 heteroatoms. The maximum atomic E-state index is 10.6. The first-order valence-electron chi connectivity index (χ1n) is 6.18. The van der Waals surface area contributed by atoms with Crippen LogP contribution >= 0.6 is 0 Å². The maximum Gasteiger partial charge on any atom is 0.335 e. The molecular weight excluding hydrogens is 280 g/mol. The third-order valence-corrected chi connectivity index (χ3v) is 2.63. The molecule has 1 heterocycles. The quantitative estimate of drug-likeness (QED) is 0.524. The number of hydrogen-bond donors (Lipinski definition) is 5. The summed E-state index contributed by atoms with van der Waals surface area (Å²) in [5, 5.41) is 32.3. The average Bonchev–Trinajstić information content (AvgIpc) is 2.49. The van der Waals surface area contributed by atoms with Crippen molar-refractivity contribution in [1.82, 2.24) is 10.6 Å². The van der Waals surface area contributed by atoms with E-state index >= 15 is 0 Å². The van der Waals surface area contributed by atoms with Crippen LogP contribution in [0.5, 0.6) is 0 Å². The molecule has 0 saturated carbocycles. The zero-order valence-electron chi connectivity index (χ0n) is 11.1. The van der Waals surface area contributed by atoms with Crippen LogP contribution in [0.15, 0.2) is 18.2 Å². The van der Waals surface area contributed by atoms with Crippen molar-refractivity contribution >= 4 is 17.9 Å². The standard InChI is InChI=1S/C9H6O6.C4H10N2/c10-7(11)4-1-5(8(12)13)3-6(2-4)9(14)15;1-2-6-4-3-5-1/h1-3H,(H,10,11)(H,12,13)(H,14,15);5-6H,1-4H2. The third kappa shape index (κ3) is 5.59. The van der Waals surface area contributed by atoms with Gasteiger partial charge >= 0.3 is 17.9 Å². The van der Waals surface area contributed by atoms with Crippen LogP contribution in [0.2, 0.25) is 0 Å². The van der Waals surface area contributed by atoms with Gasteiger partial charge in [-0.15, -0.1) is 0 Å². The summed E-state index contributed by atoms with van der Waals surface area (Å²) in [4.78, 5) is 31.7. The van der Waals surface area contributed by atoms with Gasteiger partial charge in [0.1, 0.15) is 0 Å². The fourth-order valence-electron chi connectivity index (χ4n) is 1.60. The number of carboxylic acids is 3. The maximum absolute atomic E-state index is 10.6. The average molecular weight is 296 g/mol. The molecule has 0 radical (unpaired) electrons. The normalized spacial score (nSPS) is 13.7. The zero-order chi connectivity index (χ0) is 15.8. The Balaban J connectivity index is 0.000000304. The number of carboxylic acid groups (broad SMARTS) is 3. The number of rotatable bonds is 3. The van der Waals surface area contributed by atoms with Gasteiger partial charge in [-0.2, -0.15) is 0 Å². The molecule has 0 unspecified atom stereocenters. The van der Waals surface area contributed by atoms with Gasteiger partial charge in [-0.1, -0.05) is 0 Å². The van der Waals surface area contributed by atoms with Crippen molar-refractivity contribution in [2.24, 2.45) is 0 Å².